The second kappa shape index (κ2) is 4.55. The fourth-order valence-electron chi connectivity index (χ4n) is 2.11. The maximum atomic E-state index is 12.5. The van der Waals surface area contributed by atoms with E-state index in [1.165, 1.54) is 4.31 Å². The van der Waals surface area contributed by atoms with Crippen LogP contribution in [0.4, 0.5) is 0 Å². The number of hydrogen-bond donors (Lipinski definition) is 0. The van der Waals surface area contributed by atoms with Crippen molar-refractivity contribution in [3.63, 3.8) is 0 Å². The molecule has 1 radical (unpaired) electrons. The molecule has 4 nitrogen and oxygen atoms in total. The monoisotopic (exact) mass is 268 g/mol. The highest BCUT2D eigenvalue weighted by Gasteiger charge is 2.36. The first kappa shape index (κ1) is 13.4. The summed E-state index contributed by atoms with van der Waals surface area (Å²) in [5.74, 6) is 0.672. The molecule has 0 spiro atoms. The molecule has 0 N–H and O–H groups in total. The third kappa shape index (κ3) is 2.24. The van der Waals surface area contributed by atoms with E-state index in [-0.39, 0.29) is 6.04 Å². The van der Waals surface area contributed by atoms with Crippen molar-refractivity contribution in [2.45, 2.75) is 37.6 Å². The Hall–Kier alpha value is -1.07. The fraction of sp³-hybridized carbons (Fsp3) is 0.462. The topological polar surface area (TPSA) is 46.6 Å². The summed E-state index contributed by atoms with van der Waals surface area (Å²) in [5, 5.41) is 0. The molecule has 0 aliphatic heterocycles. The van der Waals surface area contributed by atoms with Gasteiger partial charge < -0.3 is 4.74 Å². The second-order valence-electron chi connectivity index (χ2n) is 4.71. The number of benzene rings is 1. The lowest BCUT2D eigenvalue weighted by atomic mass is 10.1. The zero-order chi connectivity index (χ0) is 13.5. The van der Waals surface area contributed by atoms with Crippen LogP contribution in [0.3, 0.4) is 0 Å². The van der Waals surface area contributed by atoms with E-state index in [2.05, 4.69) is 7.05 Å². The van der Waals surface area contributed by atoms with Crippen molar-refractivity contribution in [2.75, 3.05) is 7.11 Å². The number of hydrogen-bond acceptors (Lipinski definition) is 3. The number of aryl methyl sites for hydroxylation is 2. The van der Waals surface area contributed by atoms with Crippen molar-refractivity contribution in [1.82, 2.24) is 4.31 Å². The number of rotatable bonds is 4. The van der Waals surface area contributed by atoms with Gasteiger partial charge in [0.25, 0.3) is 0 Å². The predicted molar refractivity (Wildman–Crippen MR) is 69.9 cm³/mol. The van der Waals surface area contributed by atoms with E-state index in [1.807, 2.05) is 0 Å². The highest BCUT2D eigenvalue weighted by atomic mass is 32.2. The van der Waals surface area contributed by atoms with E-state index in [1.54, 1.807) is 33.1 Å². The summed E-state index contributed by atoms with van der Waals surface area (Å²) in [6, 6.07) is 3.54. The molecule has 1 fully saturated rings. The highest BCUT2D eigenvalue weighted by Crippen LogP contribution is 2.34. The van der Waals surface area contributed by atoms with Crippen LogP contribution in [0, 0.1) is 20.9 Å². The number of ether oxygens (including phenoxy) is 1. The lowest BCUT2D eigenvalue weighted by molar-refractivity contribution is 0.413. The molecule has 5 heteroatoms. The van der Waals surface area contributed by atoms with Gasteiger partial charge >= 0.3 is 0 Å². The van der Waals surface area contributed by atoms with Crippen LogP contribution >= 0.6 is 0 Å². The lowest BCUT2D eigenvalue weighted by Crippen LogP contribution is -2.28. The first-order valence-electron chi connectivity index (χ1n) is 5.88. The molecule has 1 aromatic carbocycles. The Bertz CT molecular complexity index is 539. The van der Waals surface area contributed by atoms with Crippen LogP contribution in [0.1, 0.15) is 24.0 Å². The second-order valence-corrected chi connectivity index (χ2v) is 6.54. The highest BCUT2D eigenvalue weighted by molar-refractivity contribution is 7.89. The van der Waals surface area contributed by atoms with Crippen molar-refractivity contribution in [1.29, 1.82) is 0 Å². The third-order valence-electron chi connectivity index (χ3n) is 3.19. The van der Waals surface area contributed by atoms with Gasteiger partial charge in [0, 0.05) is 13.1 Å². The molecule has 1 aliphatic rings. The zero-order valence-corrected chi connectivity index (χ0v) is 11.8. The third-order valence-corrected chi connectivity index (χ3v) is 5.27. The molecule has 0 bridgehead atoms. The predicted octanol–water partition coefficient (Wildman–Crippen LogP) is 2.26. The smallest absolute Gasteiger partial charge is 0.243 e. The summed E-state index contributed by atoms with van der Waals surface area (Å²) in [7, 11) is 1.76. The molecule has 0 unspecified atom stereocenters. The van der Waals surface area contributed by atoms with Crippen molar-refractivity contribution in [2.24, 2.45) is 0 Å². The lowest BCUT2D eigenvalue weighted by Gasteiger charge is -2.19. The van der Waals surface area contributed by atoms with Crippen LogP contribution in [0.25, 0.3) is 0 Å². The van der Waals surface area contributed by atoms with Crippen LogP contribution < -0.4 is 4.74 Å². The molecule has 1 aromatic rings. The SMILES string of the molecule is [CH2]N(C1CC1)S(=O)(=O)c1c(C)cc(OC)cc1C. The average Bonchev–Trinajstić information content (AvgIpc) is 3.10. The molecule has 1 saturated carbocycles. The van der Waals surface area contributed by atoms with Crippen molar-refractivity contribution >= 4 is 10.0 Å². The fourth-order valence-corrected chi connectivity index (χ4v) is 3.88. The Morgan fingerprint density at radius 2 is 1.78 bits per heavy atom. The van der Waals surface area contributed by atoms with E-state index in [9.17, 15) is 8.42 Å². The Morgan fingerprint density at radius 3 is 2.17 bits per heavy atom. The molecule has 2 rings (SSSR count). The molecule has 0 atom stereocenters. The van der Waals surface area contributed by atoms with Gasteiger partial charge in [-0.2, -0.15) is 4.31 Å². The molecule has 0 aromatic heterocycles. The molecule has 0 saturated heterocycles. The molecular weight excluding hydrogens is 250 g/mol. The first-order valence-corrected chi connectivity index (χ1v) is 7.32. The van der Waals surface area contributed by atoms with Gasteiger partial charge in [0.05, 0.1) is 12.0 Å². The van der Waals surface area contributed by atoms with Gasteiger partial charge in [-0.05, 0) is 49.9 Å². The Balaban J connectivity index is 2.50. The van der Waals surface area contributed by atoms with Gasteiger partial charge in [-0.1, -0.05) is 0 Å². The van der Waals surface area contributed by atoms with E-state index in [0.717, 1.165) is 12.8 Å². The van der Waals surface area contributed by atoms with Crippen molar-refractivity contribution < 1.29 is 13.2 Å². The largest absolute Gasteiger partial charge is 0.497 e. The maximum absolute atomic E-state index is 12.5. The molecule has 1 aliphatic carbocycles. The number of methoxy groups -OCH3 is 1. The van der Waals surface area contributed by atoms with Gasteiger partial charge in [-0.15, -0.1) is 0 Å². The minimum absolute atomic E-state index is 0.0656. The van der Waals surface area contributed by atoms with E-state index in [0.29, 0.717) is 21.8 Å². The van der Waals surface area contributed by atoms with Gasteiger partial charge in [0.15, 0.2) is 0 Å². The summed E-state index contributed by atoms with van der Waals surface area (Å²) in [4.78, 5) is 0.352. The van der Waals surface area contributed by atoms with Gasteiger partial charge in [-0.25, -0.2) is 8.42 Å². The minimum atomic E-state index is -3.50. The van der Waals surface area contributed by atoms with E-state index < -0.39 is 10.0 Å². The summed E-state index contributed by atoms with van der Waals surface area (Å²) in [6.07, 6.45) is 1.80. The number of nitrogens with zero attached hydrogens (tertiary/aromatic N) is 1. The first-order chi connectivity index (χ1) is 8.37. The van der Waals surface area contributed by atoms with Gasteiger partial charge in [0.2, 0.25) is 10.0 Å². The van der Waals surface area contributed by atoms with Crippen LogP contribution in [0.5, 0.6) is 5.75 Å². The van der Waals surface area contributed by atoms with Crippen molar-refractivity contribution in [3.8, 4) is 5.75 Å². The summed E-state index contributed by atoms with van der Waals surface area (Å²) in [6.45, 7) is 3.56. The quantitative estimate of drug-likeness (QED) is 0.841. The van der Waals surface area contributed by atoms with E-state index >= 15 is 0 Å². The Labute approximate surface area is 109 Å². The van der Waals surface area contributed by atoms with Crippen molar-refractivity contribution in [3.05, 3.63) is 30.3 Å². The molecule has 0 amide bonds. The molecule has 0 heterocycles. The van der Waals surface area contributed by atoms with E-state index in [4.69, 9.17) is 4.74 Å². The summed E-state index contributed by atoms with van der Waals surface area (Å²) < 4.78 is 31.3. The summed E-state index contributed by atoms with van der Waals surface area (Å²) >= 11 is 0. The zero-order valence-electron chi connectivity index (χ0n) is 10.9. The van der Waals surface area contributed by atoms with Gasteiger partial charge in [-0.3, -0.25) is 0 Å². The maximum Gasteiger partial charge on any atom is 0.243 e. The molecular formula is C13H18NO3S. The van der Waals surface area contributed by atoms with Crippen LogP contribution in [-0.4, -0.2) is 25.9 Å². The Kier molecular flexibility index (Phi) is 3.38. The minimum Gasteiger partial charge on any atom is -0.497 e. The Morgan fingerprint density at radius 1 is 1.28 bits per heavy atom. The van der Waals surface area contributed by atoms with Crippen LogP contribution in [0.15, 0.2) is 17.0 Å². The van der Waals surface area contributed by atoms with Crippen LogP contribution in [0.2, 0.25) is 0 Å². The normalized spacial score (nSPS) is 16.1. The van der Waals surface area contributed by atoms with Crippen LogP contribution in [-0.2, 0) is 10.0 Å². The average molecular weight is 268 g/mol. The standard InChI is InChI=1S/C13H18NO3S/c1-9-7-12(17-4)8-10(2)13(9)18(15,16)14(3)11-5-6-11/h7-8,11H,3,5-6H2,1-2,4H3. The molecule has 99 valence electrons. The van der Waals surface area contributed by atoms with Gasteiger partial charge in [0.1, 0.15) is 5.75 Å². The summed E-state index contributed by atoms with van der Waals surface area (Å²) in [5.41, 5.74) is 1.39. The number of sulfonamides is 1. The molecule has 18 heavy (non-hydrogen) atoms.